The average Bonchev–Trinajstić information content (AvgIpc) is 2.34. The molecule has 0 aromatic rings. The fourth-order valence-corrected chi connectivity index (χ4v) is 1.94. The van der Waals surface area contributed by atoms with E-state index in [1.165, 1.54) is 0 Å². The minimum absolute atomic E-state index is 0.286. The van der Waals surface area contributed by atoms with Crippen molar-refractivity contribution in [2.24, 2.45) is 11.5 Å². The zero-order valence-corrected chi connectivity index (χ0v) is 10.0. The highest BCUT2D eigenvalue weighted by Crippen LogP contribution is 2.06. The third-order valence-electron chi connectivity index (χ3n) is 3.08. The Balaban J connectivity index is 2.13. The molecule has 0 aromatic carbocycles. The van der Waals surface area contributed by atoms with E-state index >= 15 is 0 Å². The maximum Gasteiger partial charge on any atom is 0.222 e. The van der Waals surface area contributed by atoms with E-state index in [1.54, 1.807) is 0 Å². The number of piperazine rings is 1. The number of unbranched alkanes of at least 4 members (excludes halogenated alkanes) is 2. The molecule has 94 valence electrons. The molecule has 0 atom stereocenters. The highest BCUT2D eigenvalue weighted by Gasteiger charge is 2.19. The standard InChI is InChI=1S/C11H24N4O/c12-5-3-1-2-4-11(16)15-8-6-14(10-13)7-9-15/h1-10,12-13H2. The molecule has 16 heavy (non-hydrogen) atoms. The van der Waals surface area contributed by atoms with Crippen LogP contribution in [0.2, 0.25) is 0 Å². The van der Waals surface area contributed by atoms with E-state index in [-0.39, 0.29) is 5.91 Å². The van der Waals surface area contributed by atoms with Crippen LogP contribution in [-0.4, -0.2) is 55.1 Å². The minimum Gasteiger partial charge on any atom is -0.340 e. The predicted octanol–water partition coefficient (Wildman–Crippen LogP) is -0.434. The maximum absolute atomic E-state index is 11.8. The lowest BCUT2D eigenvalue weighted by Gasteiger charge is -2.33. The van der Waals surface area contributed by atoms with Crippen molar-refractivity contribution in [1.82, 2.24) is 9.80 Å². The smallest absolute Gasteiger partial charge is 0.222 e. The molecule has 0 bridgehead atoms. The van der Waals surface area contributed by atoms with Gasteiger partial charge in [0.05, 0.1) is 0 Å². The summed E-state index contributed by atoms with van der Waals surface area (Å²) in [5.41, 5.74) is 11.0. The van der Waals surface area contributed by atoms with E-state index in [2.05, 4.69) is 4.90 Å². The van der Waals surface area contributed by atoms with E-state index in [0.717, 1.165) is 52.0 Å². The number of hydrogen-bond acceptors (Lipinski definition) is 4. The molecule has 1 aliphatic heterocycles. The summed E-state index contributed by atoms with van der Waals surface area (Å²) in [5, 5.41) is 0. The maximum atomic E-state index is 11.8. The summed E-state index contributed by atoms with van der Waals surface area (Å²) >= 11 is 0. The van der Waals surface area contributed by atoms with Crippen LogP contribution in [0.4, 0.5) is 0 Å². The van der Waals surface area contributed by atoms with E-state index < -0.39 is 0 Å². The Labute approximate surface area is 97.7 Å². The van der Waals surface area contributed by atoms with Gasteiger partial charge in [0.2, 0.25) is 5.91 Å². The second kappa shape index (κ2) is 7.60. The van der Waals surface area contributed by atoms with Crippen molar-refractivity contribution < 1.29 is 4.79 Å². The molecule has 1 saturated heterocycles. The quantitative estimate of drug-likeness (QED) is 0.605. The van der Waals surface area contributed by atoms with Gasteiger partial charge in [-0.25, -0.2) is 0 Å². The number of hydrogen-bond donors (Lipinski definition) is 2. The van der Waals surface area contributed by atoms with Crippen LogP contribution in [0.1, 0.15) is 25.7 Å². The Hall–Kier alpha value is -0.650. The first-order valence-electron chi connectivity index (χ1n) is 6.18. The second-order valence-corrected chi connectivity index (χ2v) is 4.28. The summed E-state index contributed by atoms with van der Waals surface area (Å²) in [6.07, 6.45) is 3.72. The first-order chi connectivity index (χ1) is 7.77. The molecule has 1 amide bonds. The van der Waals surface area contributed by atoms with Crippen molar-refractivity contribution in [2.45, 2.75) is 25.7 Å². The molecule has 1 heterocycles. The summed E-state index contributed by atoms with van der Waals surface area (Å²) in [5.74, 6) is 0.286. The Morgan fingerprint density at radius 3 is 2.25 bits per heavy atom. The van der Waals surface area contributed by atoms with Crippen molar-refractivity contribution >= 4 is 5.91 Å². The molecule has 5 heteroatoms. The summed E-state index contributed by atoms with van der Waals surface area (Å²) < 4.78 is 0. The van der Waals surface area contributed by atoms with Crippen LogP contribution in [0.3, 0.4) is 0 Å². The highest BCUT2D eigenvalue weighted by atomic mass is 16.2. The highest BCUT2D eigenvalue weighted by molar-refractivity contribution is 5.76. The zero-order valence-electron chi connectivity index (χ0n) is 10.0. The normalized spacial score (nSPS) is 17.8. The lowest BCUT2D eigenvalue weighted by atomic mass is 10.1. The van der Waals surface area contributed by atoms with Gasteiger partial charge in [-0.3, -0.25) is 9.69 Å². The molecular weight excluding hydrogens is 204 g/mol. The van der Waals surface area contributed by atoms with E-state index in [4.69, 9.17) is 11.5 Å². The molecular formula is C11H24N4O. The number of carbonyl (C=O) groups excluding carboxylic acids is 1. The number of carbonyl (C=O) groups is 1. The van der Waals surface area contributed by atoms with Gasteiger partial charge in [-0.1, -0.05) is 6.42 Å². The number of amides is 1. The summed E-state index contributed by atoms with van der Waals surface area (Å²) in [6.45, 7) is 4.79. The molecule has 1 aliphatic rings. The average molecular weight is 228 g/mol. The summed E-state index contributed by atoms with van der Waals surface area (Å²) in [4.78, 5) is 15.9. The van der Waals surface area contributed by atoms with E-state index in [1.807, 2.05) is 4.90 Å². The molecule has 0 radical (unpaired) electrons. The van der Waals surface area contributed by atoms with Crippen LogP contribution >= 0.6 is 0 Å². The van der Waals surface area contributed by atoms with Crippen LogP contribution in [0, 0.1) is 0 Å². The van der Waals surface area contributed by atoms with Gasteiger partial charge < -0.3 is 16.4 Å². The van der Waals surface area contributed by atoms with Gasteiger partial charge in [-0.15, -0.1) is 0 Å². The van der Waals surface area contributed by atoms with Crippen molar-refractivity contribution in [1.29, 1.82) is 0 Å². The van der Waals surface area contributed by atoms with E-state index in [0.29, 0.717) is 13.1 Å². The van der Waals surface area contributed by atoms with Crippen molar-refractivity contribution in [2.75, 3.05) is 39.4 Å². The topological polar surface area (TPSA) is 75.6 Å². The zero-order chi connectivity index (χ0) is 11.8. The number of nitrogens with two attached hydrogens (primary N) is 2. The van der Waals surface area contributed by atoms with Gasteiger partial charge >= 0.3 is 0 Å². The number of rotatable bonds is 6. The van der Waals surface area contributed by atoms with Crippen LogP contribution in [-0.2, 0) is 4.79 Å². The monoisotopic (exact) mass is 228 g/mol. The lowest BCUT2D eigenvalue weighted by Crippen LogP contribution is -2.50. The van der Waals surface area contributed by atoms with Crippen LogP contribution in [0.15, 0.2) is 0 Å². The largest absolute Gasteiger partial charge is 0.340 e. The second-order valence-electron chi connectivity index (χ2n) is 4.28. The van der Waals surface area contributed by atoms with Crippen molar-refractivity contribution in [3.05, 3.63) is 0 Å². The Morgan fingerprint density at radius 1 is 1.00 bits per heavy atom. The first kappa shape index (κ1) is 13.4. The lowest BCUT2D eigenvalue weighted by molar-refractivity contribution is -0.133. The Bertz CT molecular complexity index is 202. The van der Waals surface area contributed by atoms with Crippen LogP contribution < -0.4 is 11.5 Å². The fourth-order valence-electron chi connectivity index (χ4n) is 1.94. The first-order valence-corrected chi connectivity index (χ1v) is 6.18. The van der Waals surface area contributed by atoms with Gasteiger partial charge in [0.1, 0.15) is 0 Å². The molecule has 0 unspecified atom stereocenters. The van der Waals surface area contributed by atoms with Gasteiger partial charge in [-0.2, -0.15) is 0 Å². The molecule has 1 fully saturated rings. The minimum atomic E-state index is 0.286. The van der Waals surface area contributed by atoms with Crippen LogP contribution in [0.5, 0.6) is 0 Å². The predicted molar refractivity (Wildman–Crippen MR) is 64.7 cm³/mol. The molecule has 1 rings (SSSR count). The molecule has 0 aliphatic carbocycles. The van der Waals surface area contributed by atoms with Gasteiger partial charge in [0.25, 0.3) is 0 Å². The molecule has 4 N–H and O–H groups in total. The SMILES string of the molecule is NCCCCCC(=O)N1CCN(CN)CC1. The third-order valence-corrected chi connectivity index (χ3v) is 3.08. The molecule has 0 spiro atoms. The van der Waals surface area contributed by atoms with E-state index in [9.17, 15) is 4.79 Å². The third kappa shape index (κ3) is 4.47. The van der Waals surface area contributed by atoms with Crippen molar-refractivity contribution in [3.8, 4) is 0 Å². The molecule has 5 nitrogen and oxygen atoms in total. The number of nitrogens with zero attached hydrogens (tertiary/aromatic N) is 2. The fraction of sp³-hybridized carbons (Fsp3) is 0.909. The van der Waals surface area contributed by atoms with Crippen molar-refractivity contribution in [3.63, 3.8) is 0 Å². The summed E-state index contributed by atoms with van der Waals surface area (Å²) in [7, 11) is 0. The van der Waals surface area contributed by atoms with Gasteiger partial charge in [0.15, 0.2) is 0 Å². The Kier molecular flexibility index (Phi) is 6.37. The summed E-state index contributed by atoms with van der Waals surface area (Å²) in [6, 6.07) is 0. The molecule has 0 saturated carbocycles. The van der Waals surface area contributed by atoms with Gasteiger partial charge in [0, 0.05) is 39.3 Å². The Morgan fingerprint density at radius 2 is 1.69 bits per heavy atom. The van der Waals surface area contributed by atoms with Crippen LogP contribution in [0.25, 0.3) is 0 Å². The molecule has 0 aromatic heterocycles. The van der Waals surface area contributed by atoms with Gasteiger partial charge in [-0.05, 0) is 19.4 Å².